The summed E-state index contributed by atoms with van der Waals surface area (Å²) in [4.78, 5) is 0. The molecule has 1 unspecified atom stereocenters. The standard InChI is InChI=1S/C16H17NO3/c1-10-7-12-13(3-2-4-14(12)18)17(10)11-5-6-15-16(8-11)20-9-19-15/h5-8,14,18H,2-4,9H2,1H3. The van der Waals surface area contributed by atoms with Crippen molar-refractivity contribution in [3.63, 3.8) is 0 Å². The number of fused-ring (bicyclic) bond motifs is 2. The van der Waals surface area contributed by atoms with Crippen LogP contribution in [0, 0.1) is 6.92 Å². The highest BCUT2D eigenvalue weighted by atomic mass is 16.7. The third-order valence-electron chi connectivity index (χ3n) is 4.18. The lowest BCUT2D eigenvalue weighted by atomic mass is 9.95. The molecule has 1 aliphatic heterocycles. The lowest BCUT2D eigenvalue weighted by Crippen LogP contribution is -2.11. The Bertz CT molecular complexity index is 675. The monoisotopic (exact) mass is 271 g/mol. The smallest absolute Gasteiger partial charge is 0.231 e. The molecule has 0 bridgehead atoms. The van der Waals surface area contributed by atoms with Gasteiger partial charge in [0.1, 0.15) is 0 Å². The zero-order valence-corrected chi connectivity index (χ0v) is 11.4. The molecular formula is C16H17NO3. The summed E-state index contributed by atoms with van der Waals surface area (Å²) in [5.41, 5.74) is 4.52. The maximum Gasteiger partial charge on any atom is 0.231 e. The minimum Gasteiger partial charge on any atom is -0.454 e. The average molecular weight is 271 g/mol. The van der Waals surface area contributed by atoms with E-state index in [2.05, 4.69) is 17.6 Å². The topological polar surface area (TPSA) is 43.6 Å². The first kappa shape index (κ1) is 11.9. The van der Waals surface area contributed by atoms with Crippen LogP contribution in [0.4, 0.5) is 0 Å². The number of hydrogen-bond acceptors (Lipinski definition) is 3. The average Bonchev–Trinajstić information content (AvgIpc) is 3.02. The van der Waals surface area contributed by atoms with Crippen LogP contribution >= 0.6 is 0 Å². The zero-order valence-electron chi connectivity index (χ0n) is 11.4. The molecule has 1 aliphatic carbocycles. The molecule has 0 amide bonds. The largest absolute Gasteiger partial charge is 0.454 e. The molecule has 0 fully saturated rings. The summed E-state index contributed by atoms with van der Waals surface area (Å²) >= 11 is 0. The molecular weight excluding hydrogens is 254 g/mol. The molecule has 2 aliphatic rings. The number of ether oxygens (including phenoxy) is 2. The van der Waals surface area contributed by atoms with Crippen molar-refractivity contribution in [2.45, 2.75) is 32.3 Å². The van der Waals surface area contributed by atoms with Gasteiger partial charge in [-0.1, -0.05) is 0 Å². The predicted octanol–water partition coefficient (Wildman–Crippen LogP) is 2.88. The van der Waals surface area contributed by atoms with E-state index in [-0.39, 0.29) is 6.10 Å². The number of aromatic nitrogens is 1. The predicted molar refractivity (Wildman–Crippen MR) is 74.5 cm³/mol. The van der Waals surface area contributed by atoms with Crippen LogP contribution in [-0.2, 0) is 6.42 Å². The molecule has 1 atom stereocenters. The van der Waals surface area contributed by atoms with Crippen LogP contribution in [-0.4, -0.2) is 16.5 Å². The van der Waals surface area contributed by atoms with Crippen LogP contribution in [0.25, 0.3) is 5.69 Å². The van der Waals surface area contributed by atoms with E-state index in [0.717, 1.165) is 47.7 Å². The molecule has 0 saturated heterocycles. The van der Waals surface area contributed by atoms with Gasteiger partial charge in [-0.25, -0.2) is 0 Å². The van der Waals surface area contributed by atoms with Gasteiger partial charge in [0.2, 0.25) is 6.79 Å². The van der Waals surface area contributed by atoms with E-state index in [4.69, 9.17) is 9.47 Å². The Hall–Kier alpha value is -1.94. The van der Waals surface area contributed by atoms with E-state index in [9.17, 15) is 5.11 Å². The molecule has 4 nitrogen and oxygen atoms in total. The highest BCUT2D eigenvalue weighted by Gasteiger charge is 2.24. The highest BCUT2D eigenvalue weighted by Crippen LogP contribution is 2.37. The molecule has 1 aromatic carbocycles. The number of aliphatic hydroxyl groups excluding tert-OH is 1. The Kier molecular flexibility index (Phi) is 2.54. The van der Waals surface area contributed by atoms with Crippen LogP contribution in [0.1, 0.15) is 35.9 Å². The maximum atomic E-state index is 10.1. The van der Waals surface area contributed by atoms with Crippen LogP contribution in [0.3, 0.4) is 0 Å². The lowest BCUT2D eigenvalue weighted by Gasteiger charge is -2.20. The molecule has 2 heterocycles. The first-order valence-corrected chi connectivity index (χ1v) is 7.03. The van der Waals surface area contributed by atoms with Gasteiger partial charge in [-0.3, -0.25) is 0 Å². The van der Waals surface area contributed by atoms with Crippen molar-refractivity contribution < 1.29 is 14.6 Å². The van der Waals surface area contributed by atoms with E-state index in [0.29, 0.717) is 6.79 Å². The summed E-state index contributed by atoms with van der Waals surface area (Å²) < 4.78 is 13.0. The molecule has 20 heavy (non-hydrogen) atoms. The fourth-order valence-electron chi connectivity index (χ4n) is 3.26. The summed E-state index contributed by atoms with van der Waals surface area (Å²) in [6.45, 7) is 2.37. The van der Waals surface area contributed by atoms with Crippen LogP contribution in [0.5, 0.6) is 11.5 Å². The second-order valence-electron chi connectivity index (χ2n) is 5.47. The van der Waals surface area contributed by atoms with Gasteiger partial charge >= 0.3 is 0 Å². The first-order valence-electron chi connectivity index (χ1n) is 7.03. The van der Waals surface area contributed by atoms with E-state index in [1.807, 2.05) is 18.2 Å². The second kappa shape index (κ2) is 4.28. The van der Waals surface area contributed by atoms with Gasteiger partial charge in [0, 0.05) is 28.7 Å². The van der Waals surface area contributed by atoms with Crippen molar-refractivity contribution in [1.29, 1.82) is 0 Å². The second-order valence-corrected chi connectivity index (χ2v) is 5.47. The van der Waals surface area contributed by atoms with Crippen molar-refractivity contribution in [2.75, 3.05) is 6.79 Å². The minimum absolute atomic E-state index is 0.292. The van der Waals surface area contributed by atoms with E-state index < -0.39 is 0 Å². The summed E-state index contributed by atoms with van der Waals surface area (Å²) in [5.74, 6) is 1.59. The van der Waals surface area contributed by atoms with Crippen LogP contribution in [0.2, 0.25) is 0 Å². The van der Waals surface area contributed by atoms with Gasteiger partial charge in [0.25, 0.3) is 0 Å². The fourth-order valence-corrected chi connectivity index (χ4v) is 3.26. The number of aryl methyl sites for hydroxylation is 1. The molecule has 104 valence electrons. The molecule has 4 rings (SSSR count). The molecule has 4 heteroatoms. The molecule has 0 saturated carbocycles. The lowest BCUT2D eigenvalue weighted by molar-refractivity contribution is 0.156. The van der Waals surface area contributed by atoms with Crippen molar-refractivity contribution in [1.82, 2.24) is 4.57 Å². The quantitative estimate of drug-likeness (QED) is 0.867. The molecule has 0 radical (unpaired) electrons. The van der Waals surface area contributed by atoms with E-state index >= 15 is 0 Å². The first-order chi connectivity index (χ1) is 9.74. The van der Waals surface area contributed by atoms with Gasteiger partial charge in [-0.15, -0.1) is 0 Å². The van der Waals surface area contributed by atoms with Crippen LogP contribution < -0.4 is 9.47 Å². The van der Waals surface area contributed by atoms with E-state index in [1.54, 1.807) is 0 Å². The van der Waals surface area contributed by atoms with Gasteiger partial charge in [-0.05, 0) is 44.4 Å². The summed E-state index contributed by atoms with van der Waals surface area (Å²) in [6.07, 6.45) is 2.57. The Morgan fingerprint density at radius 2 is 2.05 bits per heavy atom. The van der Waals surface area contributed by atoms with Crippen molar-refractivity contribution in [3.05, 3.63) is 41.2 Å². The number of hydrogen-bond donors (Lipinski definition) is 1. The highest BCUT2D eigenvalue weighted by molar-refractivity contribution is 5.52. The summed E-state index contributed by atoms with van der Waals surface area (Å²) in [7, 11) is 0. The Morgan fingerprint density at radius 3 is 2.95 bits per heavy atom. The number of benzene rings is 1. The number of nitrogens with zero attached hydrogens (tertiary/aromatic N) is 1. The summed E-state index contributed by atoms with van der Waals surface area (Å²) in [5, 5.41) is 10.1. The minimum atomic E-state index is -0.326. The van der Waals surface area contributed by atoms with Gasteiger partial charge in [-0.2, -0.15) is 0 Å². The van der Waals surface area contributed by atoms with Gasteiger partial charge in [0.15, 0.2) is 11.5 Å². The Labute approximate surface area is 117 Å². The Morgan fingerprint density at radius 1 is 1.20 bits per heavy atom. The fraction of sp³-hybridized carbons (Fsp3) is 0.375. The molecule has 0 spiro atoms. The number of rotatable bonds is 1. The normalized spacial score (nSPS) is 20.0. The summed E-state index contributed by atoms with van der Waals surface area (Å²) in [6, 6.07) is 8.10. The molecule has 1 N–H and O–H groups in total. The zero-order chi connectivity index (χ0) is 13.7. The van der Waals surface area contributed by atoms with Crippen LogP contribution in [0.15, 0.2) is 24.3 Å². The maximum absolute atomic E-state index is 10.1. The third-order valence-corrected chi connectivity index (χ3v) is 4.18. The number of aliphatic hydroxyl groups is 1. The molecule has 1 aromatic heterocycles. The Balaban J connectivity index is 1.86. The van der Waals surface area contributed by atoms with Crippen molar-refractivity contribution >= 4 is 0 Å². The SMILES string of the molecule is Cc1cc2c(n1-c1ccc3c(c1)OCO3)CCCC2O. The van der Waals surface area contributed by atoms with Crippen molar-refractivity contribution in [2.24, 2.45) is 0 Å². The molecule has 2 aromatic rings. The van der Waals surface area contributed by atoms with Gasteiger partial charge < -0.3 is 19.1 Å². The third kappa shape index (κ3) is 1.64. The van der Waals surface area contributed by atoms with Gasteiger partial charge in [0.05, 0.1) is 6.10 Å². The van der Waals surface area contributed by atoms with E-state index in [1.165, 1.54) is 5.69 Å². The van der Waals surface area contributed by atoms with Crippen molar-refractivity contribution in [3.8, 4) is 17.2 Å².